The van der Waals surface area contributed by atoms with Gasteiger partial charge in [0.05, 0.1) is 32.4 Å². The van der Waals surface area contributed by atoms with Crippen LogP contribution >= 0.6 is 23.5 Å². The lowest BCUT2D eigenvalue weighted by molar-refractivity contribution is 0.593. The fraction of sp³-hybridized carbons (Fsp3) is 0.286. The lowest BCUT2D eigenvalue weighted by Gasteiger charge is -2.11. The number of nitriles is 2. The van der Waals surface area contributed by atoms with Gasteiger partial charge in [-0.05, 0) is 74.6 Å². The van der Waals surface area contributed by atoms with Crippen LogP contribution in [0.15, 0.2) is 80.2 Å². The van der Waals surface area contributed by atoms with Gasteiger partial charge in [-0.2, -0.15) is 10.5 Å². The summed E-state index contributed by atoms with van der Waals surface area (Å²) in [6.45, 7) is 3.80. The second-order valence-electron chi connectivity index (χ2n) is 8.74. The number of thioether (sulfide) groups is 2. The SMILES string of the molecule is Cc1ccc(S(=O)(=O)CCCSc2cc(C#N)c(C#N)cc2SCCCS(=O)(=O)c2ccc(C)cc2)cc1. The third-order valence-corrected chi connectivity index (χ3v) is 11.8. The molecule has 0 radical (unpaired) electrons. The average molecular weight is 585 g/mol. The third kappa shape index (κ3) is 8.12. The lowest BCUT2D eigenvalue weighted by Crippen LogP contribution is -2.08. The van der Waals surface area contributed by atoms with E-state index < -0.39 is 19.7 Å². The van der Waals surface area contributed by atoms with Gasteiger partial charge >= 0.3 is 0 Å². The van der Waals surface area contributed by atoms with E-state index in [9.17, 15) is 27.4 Å². The molecule has 0 fully saturated rings. The molecule has 0 aromatic heterocycles. The average Bonchev–Trinajstić information content (AvgIpc) is 2.89. The van der Waals surface area contributed by atoms with Gasteiger partial charge in [0.1, 0.15) is 12.1 Å². The van der Waals surface area contributed by atoms with Gasteiger partial charge in [-0.3, -0.25) is 0 Å². The van der Waals surface area contributed by atoms with E-state index in [1.54, 1.807) is 60.7 Å². The van der Waals surface area contributed by atoms with E-state index in [1.807, 2.05) is 26.0 Å². The fourth-order valence-electron chi connectivity index (χ4n) is 3.56. The van der Waals surface area contributed by atoms with Crippen molar-refractivity contribution in [1.29, 1.82) is 10.5 Å². The zero-order chi connectivity index (χ0) is 27.8. The van der Waals surface area contributed by atoms with Crippen LogP contribution in [-0.4, -0.2) is 39.8 Å². The van der Waals surface area contributed by atoms with Crippen molar-refractivity contribution in [1.82, 2.24) is 0 Å². The Kier molecular flexibility index (Phi) is 10.5. The van der Waals surface area contributed by atoms with Crippen molar-refractivity contribution >= 4 is 43.2 Å². The number of nitrogens with zero attached hydrogens (tertiary/aromatic N) is 2. The van der Waals surface area contributed by atoms with Crippen LogP contribution in [0.4, 0.5) is 0 Å². The predicted octanol–water partition coefficient (Wildman–Crippen LogP) is 5.96. The van der Waals surface area contributed by atoms with Crippen molar-refractivity contribution in [3.63, 3.8) is 0 Å². The molecule has 198 valence electrons. The van der Waals surface area contributed by atoms with Crippen LogP contribution in [0, 0.1) is 36.5 Å². The number of benzene rings is 3. The Balaban J connectivity index is 1.63. The molecule has 0 N–H and O–H groups in total. The van der Waals surface area contributed by atoms with E-state index >= 15 is 0 Å². The molecule has 3 aromatic carbocycles. The standard InChI is InChI=1S/C28H28N2O4S4/c1-21-5-9-25(10-6-21)37(31,32)15-3-13-35-27-17-23(19-29)24(20-30)18-28(27)36-14-4-16-38(33,34)26-11-7-22(2)8-12-26/h5-12,17-18H,3-4,13-16H2,1-2H3. The quantitative estimate of drug-likeness (QED) is 0.189. The van der Waals surface area contributed by atoms with Crippen LogP contribution in [0.1, 0.15) is 35.1 Å². The first-order valence-electron chi connectivity index (χ1n) is 11.9. The Morgan fingerprint density at radius 2 is 0.974 bits per heavy atom. The van der Waals surface area contributed by atoms with Gasteiger partial charge in [-0.25, -0.2) is 16.8 Å². The van der Waals surface area contributed by atoms with E-state index in [2.05, 4.69) is 0 Å². The minimum absolute atomic E-state index is 0.00376. The molecule has 6 nitrogen and oxygen atoms in total. The second kappa shape index (κ2) is 13.3. The molecule has 0 saturated heterocycles. The Hall–Kier alpha value is -2.76. The Morgan fingerprint density at radius 3 is 1.29 bits per heavy atom. The summed E-state index contributed by atoms with van der Waals surface area (Å²) in [6.07, 6.45) is 0.837. The molecule has 38 heavy (non-hydrogen) atoms. The summed E-state index contributed by atoms with van der Waals surface area (Å²) in [5, 5.41) is 18.9. The molecule has 0 unspecified atom stereocenters. The van der Waals surface area contributed by atoms with Crippen LogP contribution in [0.25, 0.3) is 0 Å². The van der Waals surface area contributed by atoms with Crippen molar-refractivity contribution in [2.75, 3.05) is 23.0 Å². The number of hydrogen-bond donors (Lipinski definition) is 0. The summed E-state index contributed by atoms with van der Waals surface area (Å²) >= 11 is 2.86. The molecule has 0 amide bonds. The highest BCUT2D eigenvalue weighted by Crippen LogP contribution is 2.34. The van der Waals surface area contributed by atoms with E-state index in [0.717, 1.165) is 20.9 Å². The highest BCUT2D eigenvalue weighted by molar-refractivity contribution is 8.02. The first kappa shape index (κ1) is 29.8. The Bertz CT molecular complexity index is 1450. The number of sulfone groups is 2. The molecule has 3 aromatic rings. The molecule has 3 rings (SSSR count). The second-order valence-corrected chi connectivity index (χ2v) is 15.2. The molecule has 0 heterocycles. The minimum Gasteiger partial charge on any atom is -0.224 e. The van der Waals surface area contributed by atoms with Crippen LogP contribution in [0.5, 0.6) is 0 Å². The van der Waals surface area contributed by atoms with Gasteiger partial charge in [-0.1, -0.05) is 35.4 Å². The molecule has 0 aliphatic carbocycles. The molecule has 0 saturated carbocycles. The third-order valence-electron chi connectivity index (χ3n) is 5.71. The summed E-state index contributed by atoms with van der Waals surface area (Å²) in [7, 11) is -6.79. The van der Waals surface area contributed by atoms with E-state index in [1.165, 1.54) is 23.5 Å². The van der Waals surface area contributed by atoms with Crippen LogP contribution < -0.4 is 0 Å². The van der Waals surface area contributed by atoms with Gasteiger partial charge in [0.2, 0.25) is 0 Å². The fourth-order valence-corrected chi connectivity index (χ4v) is 8.72. The topological polar surface area (TPSA) is 116 Å². The van der Waals surface area contributed by atoms with E-state index in [-0.39, 0.29) is 22.6 Å². The molecule has 0 aliphatic rings. The molecule has 0 aliphatic heterocycles. The van der Waals surface area contributed by atoms with Gasteiger partial charge < -0.3 is 0 Å². The van der Waals surface area contributed by atoms with Crippen molar-refractivity contribution in [3.8, 4) is 12.1 Å². The van der Waals surface area contributed by atoms with E-state index in [0.29, 0.717) is 34.1 Å². The van der Waals surface area contributed by atoms with Gasteiger partial charge in [0, 0.05) is 9.79 Å². The molecule has 0 atom stereocenters. The summed E-state index contributed by atoms with van der Waals surface area (Å²) in [4.78, 5) is 2.16. The van der Waals surface area contributed by atoms with Gasteiger partial charge in [-0.15, -0.1) is 23.5 Å². The van der Waals surface area contributed by atoms with Crippen molar-refractivity contribution in [2.45, 2.75) is 46.3 Å². The van der Waals surface area contributed by atoms with E-state index in [4.69, 9.17) is 0 Å². The number of rotatable bonds is 12. The molecule has 0 bridgehead atoms. The maximum absolute atomic E-state index is 12.6. The first-order valence-corrected chi connectivity index (χ1v) is 17.2. The smallest absolute Gasteiger partial charge is 0.178 e. The van der Waals surface area contributed by atoms with Crippen molar-refractivity contribution < 1.29 is 16.8 Å². The lowest BCUT2D eigenvalue weighted by atomic mass is 10.1. The van der Waals surface area contributed by atoms with Crippen molar-refractivity contribution in [2.24, 2.45) is 0 Å². The minimum atomic E-state index is -3.39. The van der Waals surface area contributed by atoms with Gasteiger partial charge in [0.15, 0.2) is 19.7 Å². The summed E-state index contributed by atoms with van der Waals surface area (Å²) in [6, 6.07) is 21.0. The molecule has 10 heteroatoms. The van der Waals surface area contributed by atoms with Gasteiger partial charge in [0.25, 0.3) is 0 Å². The van der Waals surface area contributed by atoms with Crippen LogP contribution in [-0.2, 0) is 19.7 Å². The first-order chi connectivity index (χ1) is 18.1. The molecular formula is C28H28N2O4S4. The Morgan fingerprint density at radius 1 is 0.632 bits per heavy atom. The highest BCUT2D eigenvalue weighted by atomic mass is 32.2. The molecular weight excluding hydrogens is 557 g/mol. The Labute approximate surface area is 233 Å². The summed E-state index contributed by atoms with van der Waals surface area (Å²) in [5.74, 6) is 1.03. The zero-order valence-electron chi connectivity index (χ0n) is 21.2. The highest BCUT2D eigenvalue weighted by Gasteiger charge is 2.17. The maximum atomic E-state index is 12.6. The normalized spacial score (nSPS) is 11.6. The monoisotopic (exact) mass is 584 g/mol. The number of hydrogen-bond acceptors (Lipinski definition) is 8. The maximum Gasteiger partial charge on any atom is 0.178 e. The zero-order valence-corrected chi connectivity index (χ0v) is 24.4. The largest absolute Gasteiger partial charge is 0.224 e. The van der Waals surface area contributed by atoms with Crippen LogP contribution in [0.3, 0.4) is 0 Å². The summed E-state index contributed by atoms with van der Waals surface area (Å²) in [5.41, 5.74) is 2.50. The summed E-state index contributed by atoms with van der Waals surface area (Å²) < 4.78 is 50.6. The molecule has 0 spiro atoms. The van der Waals surface area contributed by atoms with Crippen molar-refractivity contribution in [3.05, 3.63) is 82.9 Å². The predicted molar refractivity (Wildman–Crippen MR) is 153 cm³/mol. The number of aryl methyl sites for hydroxylation is 2. The van der Waals surface area contributed by atoms with Crippen LogP contribution in [0.2, 0.25) is 0 Å².